The number of fused-ring (bicyclic) bond motifs is 1. The number of rotatable bonds is 10. The van der Waals surface area contributed by atoms with Crippen LogP contribution in [0.3, 0.4) is 0 Å². The molecule has 0 aliphatic heterocycles. The highest BCUT2D eigenvalue weighted by Crippen LogP contribution is 2.40. The van der Waals surface area contributed by atoms with Gasteiger partial charge in [-0.25, -0.2) is 20.0 Å². The zero-order valence-corrected chi connectivity index (χ0v) is 33.8. The van der Waals surface area contributed by atoms with E-state index in [-0.39, 0.29) is 5.92 Å². The largest absolute Gasteiger partial charge is 0.232 e. The smallest absolute Gasteiger partial charge is 0.160 e. The number of benzene rings is 8. The van der Waals surface area contributed by atoms with Gasteiger partial charge in [0.1, 0.15) is 0 Å². The zero-order valence-electron chi connectivity index (χ0n) is 33.8. The maximum absolute atomic E-state index is 5.28. The van der Waals surface area contributed by atoms with Gasteiger partial charge in [-0.15, -0.1) is 0 Å². The van der Waals surface area contributed by atoms with Crippen LogP contribution in [0.1, 0.15) is 31.4 Å². The molecule has 0 aliphatic carbocycles. The van der Waals surface area contributed by atoms with Gasteiger partial charge in [0, 0.05) is 22.3 Å². The highest BCUT2D eigenvalue weighted by molar-refractivity contribution is 6.13. The first-order valence-electron chi connectivity index (χ1n) is 20.6. The van der Waals surface area contributed by atoms with Crippen molar-refractivity contribution in [3.05, 3.63) is 223 Å². The van der Waals surface area contributed by atoms with E-state index in [4.69, 9.17) is 20.0 Å². The van der Waals surface area contributed by atoms with Crippen molar-refractivity contribution < 1.29 is 0 Å². The third-order valence-corrected chi connectivity index (χ3v) is 11.0. The molecule has 8 aromatic carbocycles. The van der Waals surface area contributed by atoms with E-state index < -0.39 is 0 Å². The molecular formula is C56H44N4. The summed E-state index contributed by atoms with van der Waals surface area (Å²) in [6.45, 7) is 4.44. The van der Waals surface area contributed by atoms with Crippen molar-refractivity contribution in [1.82, 2.24) is 9.97 Å². The van der Waals surface area contributed by atoms with E-state index in [1.54, 1.807) is 0 Å². The lowest BCUT2D eigenvalue weighted by molar-refractivity contribution is 0.741. The molecule has 0 saturated carbocycles. The first-order valence-corrected chi connectivity index (χ1v) is 20.6. The van der Waals surface area contributed by atoms with Crippen molar-refractivity contribution in [2.24, 2.45) is 15.9 Å². The number of amidine groups is 1. The summed E-state index contributed by atoms with van der Waals surface area (Å²) >= 11 is 0. The monoisotopic (exact) mass is 772 g/mol. The first-order chi connectivity index (χ1) is 29.6. The molecule has 1 aromatic heterocycles. The van der Waals surface area contributed by atoms with Crippen LogP contribution < -0.4 is 0 Å². The predicted octanol–water partition coefficient (Wildman–Crippen LogP) is 14.6. The Kier molecular flexibility index (Phi) is 11.1. The summed E-state index contributed by atoms with van der Waals surface area (Å²) < 4.78 is 0. The van der Waals surface area contributed by atoms with E-state index >= 15 is 0 Å². The molecule has 0 radical (unpaired) electrons. The summed E-state index contributed by atoms with van der Waals surface area (Å²) in [5.41, 5.74) is 13.4. The maximum Gasteiger partial charge on any atom is 0.160 e. The average molecular weight is 773 g/mol. The van der Waals surface area contributed by atoms with Crippen LogP contribution in [0, 0.1) is 5.92 Å². The zero-order chi connectivity index (χ0) is 40.7. The van der Waals surface area contributed by atoms with Gasteiger partial charge >= 0.3 is 0 Å². The lowest BCUT2D eigenvalue weighted by Crippen LogP contribution is -2.15. The van der Waals surface area contributed by atoms with Gasteiger partial charge in [-0.2, -0.15) is 0 Å². The number of aliphatic imine (C=N–C) groups is 2. The van der Waals surface area contributed by atoms with Gasteiger partial charge in [0.15, 0.2) is 11.7 Å². The normalized spacial score (nSPS) is 12.4. The van der Waals surface area contributed by atoms with Crippen LogP contribution in [0.15, 0.2) is 222 Å². The van der Waals surface area contributed by atoms with Crippen molar-refractivity contribution in [3.8, 4) is 56.2 Å². The van der Waals surface area contributed by atoms with Gasteiger partial charge in [-0.3, -0.25) is 0 Å². The topological polar surface area (TPSA) is 50.5 Å². The molecular weight excluding hydrogens is 729 g/mol. The average Bonchev–Trinajstić information content (AvgIpc) is 3.33. The van der Waals surface area contributed by atoms with Crippen LogP contribution >= 0.6 is 0 Å². The molecule has 0 N–H and O–H groups in total. The summed E-state index contributed by atoms with van der Waals surface area (Å²) in [7, 11) is 0. The summed E-state index contributed by atoms with van der Waals surface area (Å²) in [4.78, 5) is 20.5. The van der Waals surface area contributed by atoms with Crippen molar-refractivity contribution in [1.29, 1.82) is 0 Å². The third-order valence-electron chi connectivity index (χ3n) is 11.0. The van der Waals surface area contributed by atoms with Gasteiger partial charge in [-0.05, 0) is 69.1 Å². The van der Waals surface area contributed by atoms with Crippen molar-refractivity contribution in [2.75, 3.05) is 0 Å². The highest BCUT2D eigenvalue weighted by Gasteiger charge is 2.16. The predicted molar refractivity (Wildman–Crippen MR) is 252 cm³/mol. The molecule has 0 saturated heterocycles. The molecule has 1 atom stereocenters. The Morgan fingerprint density at radius 1 is 0.483 bits per heavy atom. The fraction of sp³-hybridized carbons (Fsp3) is 0.0714. The number of aromatic nitrogens is 2. The van der Waals surface area contributed by atoms with Crippen LogP contribution in [-0.2, 0) is 0 Å². The van der Waals surface area contributed by atoms with E-state index in [1.165, 1.54) is 16.3 Å². The van der Waals surface area contributed by atoms with Crippen LogP contribution in [0.4, 0.5) is 5.69 Å². The molecule has 0 aliphatic rings. The molecule has 9 rings (SSSR count). The minimum absolute atomic E-state index is 0.267. The Bertz CT molecular complexity index is 2860. The molecule has 0 spiro atoms. The SMILES string of the molecule is CCC(C)C(=NC(=Nc1ccc(-c2ccc3ccccc3c2-c2ccc(-c3cc(-c4ccccc4)nc(-c4ccccc4)n3)cc2)cc1)c1ccccc1)c1ccccc1. The van der Waals surface area contributed by atoms with Crippen molar-refractivity contribution in [3.63, 3.8) is 0 Å². The third kappa shape index (κ3) is 8.22. The van der Waals surface area contributed by atoms with Crippen LogP contribution in [0.5, 0.6) is 0 Å². The van der Waals surface area contributed by atoms with Gasteiger partial charge < -0.3 is 0 Å². The molecule has 4 nitrogen and oxygen atoms in total. The number of nitrogens with zero attached hydrogens (tertiary/aromatic N) is 4. The molecule has 0 amide bonds. The minimum Gasteiger partial charge on any atom is -0.232 e. The molecule has 1 unspecified atom stereocenters. The number of hydrogen-bond acceptors (Lipinski definition) is 3. The van der Waals surface area contributed by atoms with Crippen LogP contribution in [0.2, 0.25) is 0 Å². The summed E-state index contributed by atoms with van der Waals surface area (Å²) in [5, 5.41) is 2.39. The lowest BCUT2D eigenvalue weighted by Gasteiger charge is -2.16. The second-order valence-electron chi connectivity index (χ2n) is 15.0. The minimum atomic E-state index is 0.267. The fourth-order valence-corrected chi connectivity index (χ4v) is 7.65. The fourth-order valence-electron chi connectivity index (χ4n) is 7.65. The molecule has 1 heterocycles. The Balaban J connectivity index is 1.10. The second-order valence-corrected chi connectivity index (χ2v) is 15.0. The quantitative estimate of drug-likeness (QED) is 0.103. The molecule has 9 aromatic rings. The molecule has 0 bridgehead atoms. The van der Waals surface area contributed by atoms with E-state index in [0.29, 0.717) is 11.7 Å². The molecule has 288 valence electrons. The molecule has 4 heteroatoms. The number of hydrogen-bond donors (Lipinski definition) is 0. The van der Waals surface area contributed by atoms with Crippen molar-refractivity contribution >= 4 is 28.0 Å². The van der Waals surface area contributed by atoms with E-state index in [9.17, 15) is 0 Å². The highest BCUT2D eigenvalue weighted by atomic mass is 14.9. The second kappa shape index (κ2) is 17.5. The Labute approximate surface area is 352 Å². The lowest BCUT2D eigenvalue weighted by atomic mass is 9.89. The van der Waals surface area contributed by atoms with Crippen LogP contribution in [0.25, 0.3) is 66.9 Å². The summed E-state index contributed by atoms with van der Waals surface area (Å²) in [6, 6.07) is 73.8. The summed E-state index contributed by atoms with van der Waals surface area (Å²) in [5.74, 6) is 1.67. The first kappa shape index (κ1) is 38.0. The molecule has 0 fully saturated rings. The standard InChI is InChI=1S/C56H44N4/c1-3-39(2)54(45-21-10-5-11-22-45)60-55(46-23-12-6-13-24-46)57-48-35-32-41(33-36-48)50-37-34-40-18-16-17-27-49(40)53(50)44-30-28-43(29-31-44)52-38-51(42-19-8-4-9-20-42)58-56(59-52)47-25-14-7-15-26-47/h4-39H,3H2,1-2H3. The maximum atomic E-state index is 5.28. The van der Waals surface area contributed by atoms with E-state index in [0.717, 1.165) is 73.7 Å². The van der Waals surface area contributed by atoms with Crippen LogP contribution in [-0.4, -0.2) is 21.5 Å². The van der Waals surface area contributed by atoms with Gasteiger partial charge in [0.25, 0.3) is 0 Å². The Hall–Kier alpha value is -7.56. The van der Waals surface area contributed by atoms with E-state index in [2.05, 4.69) is 166 Å². The Morgan fingerprint density at radius 3 is 1.63 bits per heavy atom. The molecule has 60 heavy (non-hydrogen) atoms. The van der Waals surface area contributed by atoms with Gasteiger partial charge in [-0.1, -0.05) is 208 Å². The van der Waals surface area contributed by atoms with Gasteiger partial charge in [0.2, 0.25) is 0 Å². The Morgan fingerprint density at radius 2 is 1.00 bits per heavy atom. The van der Waals surface area contributed by atoms with Crippen molar-refractivity contribution in [2.45, 2.75) is 20.3 Å². The van der Waals surface area contributed by atoms with Gasteiger partial charge in [0.05, 0.1) is 22.8 Å². The summed E-state index contributed by atoms with van der Waals surface area (Å²) in [6.07, 6.45) is 0.978. The van der Waals surface area contributed by atoms with E-state index in [1.807, 2.05) is 60.7 Å².